The SMILES string of the molecule is Clc1cccc(Cl)c1Cl.S. The van der Waals surface area contributed by atoms with E-state index in [0.29, 0.717) is 15.1 Å². The van der Waals surface area contributed by atoms with Crippen LogP contribution in [0.5, 0.6) is 0 Å². The third kappa shape index (κ3) is 2.24. The molecule has 10 heavy (non-hydrogen) atoms. The second-order valence-corrected chi connectivity index (χ2v) is 2.73. The molecule has 56 valence electrons. The molecule has 0 saturated heterocycles. The first-order valence-corrected chi connectivity index (χ1v) is 3.44. The lowest BCUT2D eigenvalue weighted by atomic mass is 10.4. The first-order valence-electron chi connectivity index (χ1n) is 2.31. The van der Waals surface area contributed by atoms with E-state index < -0.39 is 0 Å². The minimum absolute atomic E-state index is 0. The molecule has 0 heterocycles. The fraction of sp³-hybridized carbons (Fsp3) is 0. The zero-order valence-electron chi connectivity index (χ0n) is 4.87. The maximum Gasteiger partial charge on any atom is 0.0778 e. The smallest absolute Gasteiger partial charge is 0.0778 e. The van der Waals surface area contributed by atoms with Crippen LogP contribution in [-0.2, 0) is 0 Å². The van der Waals surface area contributed by atoms with Gasteiger partial charge in [0, 0.05) is 0 Å². The second-order valence-electron chi connectivity index (χ2n) is 1.54. The minimum atomic E-state index is 0. The van der Waals surface area contributed by atoms with Crippen molar-refractivity contribution in [1.82, 2.24) is 0 Å². The van der Waals surface area contributed by atoms with E-state index in [2.05, 4.69) is 0 Å². The summed E-state index contributed by atoms with van der Waals surface area (Å²) in [5, 5.41) is 1.40. The van der Waals surface area contributed by atoms with Crippen molar-refractivity contribution < 1.29 is 0 Å². The van der Waals surface area contributed by atoms with Gasteiger partial charge in [0.2, 0.25) is 0 Å². The highest BCUT2D eigenvalue weighted by Gasteiger charge is 1.98. The summed E-state index contributed by atoms with van der Waals surface area (Å²) in [6.07, 6.45) is 0. The Morgan fingerprint density at radius 3 is 1.60 bits per heavy atom. The molecule has 0 radical (unpaired) electrons. The molecule has 1 aromatic carbocycles. The summed E-state index contributed by atoms with van der Waals surface area (Å²) in [6, 6.07) is 5.13. The average Bonchev–Trinajstić information content (AvgIpc) is 1.83. The maximum atomic E-state index is 5.61. The Balaban J connectivity index is 0.000000810. The molecule has 0 aromatic heterocycles. The third-order valence-electron chi connectivity index (χ3n) is 0.904. The Labute approximate surface area is 81.5 Å². The molecule has 0 aliphatic rings. The predicted molar refractivity (Wildman–Crippen MR) is 51.9 cm³/mol. The Hall–Kier alpha value is 0.440. The highest BCUT2D eigenvalue weighted by Crippen LogP contribution is 2.28. The van der Waals surface area contributed by atoms with Crippen LogP contribution in [0.25, 0.3) is 0 Å². The summed E-state index contributed by atoms with van der Waals surface area (Å²) in [7, 11) is 0. The van der Waals surface area contributed by atoms with Crippen LogP contribution in [0.3, 0.4) is 0 Å². The summed E-state index contributed by atoms with van der Waals surface area (Å²) >= 11 is 16.8. The Morgan fingerprint density at radius 2 is 1.30 bits per heavy atom. The van der Waals surface area contributed by atoms with Crippen molar-refractivity contribution >= 4 is 48.3 Å². The molecule has 1 rings (SSSR count). The van der Waals surface area contributed by atoms with E-state index in [0.717, 1.165) is 0 Å². The molecule has 0 N–H and O–H groups in total. The Kier molecular flexibility index (Phi) is 4.54. The summed E-state index contributed by atoms with van der Waals surface area (Å²) in [5.41, 5.74) is 0. The van der Waals surface area contributed by atoms with Crippen LogP contribution in [0.15, 0.2) is 18.2 Å². The number of hydrogen-bond donors (Lipinski definition) is 0. The summed E-state index contributed by atoms with van der Waals surface area (Å²) in [6.45, 7) is 0. The summed E-state index contributed by atoms with van der Waals surface area (Å²) in [5.74, 6) is 0. The molecular weight excluding hydrogens is 210 g/mol. The van der Waals surface area contributed by atoms with Gasteiger partial charge in [-0.15, -0.1) is 0 Å². The van der Waals surface area contributed by atoms with Crippen LogP contribution in [0.4, 0.5) is 0 Å². The molecule has 0 fully saturated rings. The number of halogens is 3. The lowest BCUT2D eigenvalue weighted by Crippen LogP contribution is -1.67. The molecule has 1 aromatic rings. The predicted octanol–water partition coefficient (Wildman–Crippen LogP) is 3.76. The molecule has 0 atom stereocenters. The van der Waals surface area contributed by atoms with Gasteiger partial charge in [0.15, 0.2) is 0 Å². The van der Waals surface area contributed by atoms with E-state index >= 15 is 0 Å². The highest BCUT2D eigenvalue weighted by atomic mass is 35.5. The van der Waals surface area contributed by atoms with Crippen molar-refractivity contribution in [2.45, 2.75) is 0 Å². The Morgan fingerprint density at radius 1 is 0.900 bits per heavy atom. The van der Waals surface area contributed by atoms with Gasteiger partial charge in [-0.1, -0.05) is 40.9 Å². The molecular formula is C6H5Cl3S. The molecule has 0 spiro atoms. The average molecular weight is 216 g/mol. The van der Waals surface area contributed by atoms with Crippen LogP contribution in [0.2, 0.25) is 15.1 Å². The van der Waals surface area contributed by atoms with Crippen LogP contribution in [-0.4, -0.2) is 0 Å². The highest BCUT2D eigenvalue weighted by molar-refractivity contribution is 7.59. The maximum absolute atomic E-state index is 5.61. The zero-order chi connectivity index (χ0) is 6.85. The normalized spacial score (nSPS) is 8.70. The van der Waals surface area contributed by atoms with Gasteiger partial charge in [-0.25, -0.2) is 0 Å². The lowest BCUT2D eigenvalue weighted by Gasteiger charge is -1.94. The van der Waals surface area contributed by atoms with Gasteiger partial charge in [0.25, 0.3) is 0 Å². The molecule has 0 aliphatic carbocycles. The van der Waals surface area contributed by atoms with Gasteiger partial charge in [-0.3, -0.25) is 0 Å². The second kappa shape index (κ2) is 4.35. The van der Waals surface area contributed by atoms with Crippen LogP contribution in [0, 0.1) is 0 Å². The van der Waals surface area contributed by atoms with E-state index in [4.69, 9.17) is 34.8 Å². The zero-order valence-corrected chi connectivity index (χ0v) is 8.13. The van der Waals surface area contributed by atoms with Crippen LogP contribution >= 0.6 is 48.3 Å². The molecule has 0 nitrogen and oxygen atoms in total. The van der Waals surface area contributed by atoms with Crippen molar-refractivity contribution in [3.63, 3.8) is 0 Å². The van der Waals surface area contributed by atoms with Gasteiger partial charge in [-0.2, -0.15) is 13.5 Å². The molecule has 0 saturated carbocycles. The van der Waals surface area contributed by atoms with Gasteiger partial charge in [-0.05, 0) is 12.1 Å². The molecule has 0 aliphatic heterocycles. The van der Waals surface area contributed by atoms with Crippen LogP contribution < -0.4 is 0 Å². The van der Waals surface area contributed by atoms with Gasteiger partial charge < -0.3 is 0 Å². The molecule has 4 heteroatoms. The van der Waals surface area contributed by atoms with Crippen molar-refractivity contribution in [2.24, 2.45) is 0 Å². The van der Waals surface area contributed by atoms with Crippen molar-refractivity contribution in [2.75, 3.05) is 0 Å². The van der Waals surface area contributed by atoms with E-state index in [9.17, 15) is 0 Å². The third-order valence-corrected chi connectivity index (χ3v) is 2.14. The van der Waals surface area contributed by atoms with Gasteiger partial charge >= 0.3 is 0 Å². The van der Waals surface area contributed by atoms with Gasteiger partial charge in [0.1, 0.15) is 0 Å². The van der Waals surface area contributed by atoms with E-state index in [1.54, 1.807) is 18.2 Å². The monoisotopic (exact) mass is 214 g/mol. The number of rotatable bonds is 0. The van der Waals surface area contributed by atoms with E-state index in [-0.39, 0.29) is 13.5 Å². The largest absolute Gasteiger partial charge is 0.197 e. The van der Waals surface area contributed by atoms with Crippen LogP contribution in [0.1, 0.15) is 0 Å². The first kappa shape index (κ1) is 10.4. The fourth-order valence-electron chi connectivity index (χ4n) is 0.477. The minimum Gasteiger partial charge on any atom is -0.197 e. The topological polar surface area (TPSA) is 0 Å². The standard InChI is InChI=1S/C6H3Cl3.H2S/c7-4-2-1-3-5(8)6(4)9;/h1-3H;1H2. The van der Waals surface area contributed by atoms with Crippen molar-refractivity contribution in [1.29, 1.82) is 0 Å². The van der Waals surface area contributed by atoms with Gasteiger partial charge in [0.05, 0.1) is 15.1 Å². The fourth-order valence-corrected chi connectivity index (χ4v) is 1.00. The quantitative estimate of drug-likeness (QED) is 0.578. The lowest BCUT2D eigenvalue weighted by molar-refractivity contribution is 1.70. The van der Waals surface area contributed by atoms with E-state index in [1.807, 2.05) is 0 Å². The van der Waals surface area contributed by atoms with E-state index in [1.165, 1.54) is 0 Å². The van der Waals surface area contributed by atoms with Crippen molar-refractivity contribution in [3.05, 3.63) is 33.3 Å². The first-order chi connectivity index (χ1) is 4.22. The molecule has 0 amide bonds. The number of benzene rings is 1. The number of hydrogen-bond acceptors (Lipinski definition) is 0. The summed E-state index contributed by atoms with van der Waals surface area (Å²) in [4.78, 5) is 0. The van der Waals surface area contributed by atoms with Crippen molar-refractivity contribution in [3.8, 4) is 0 Å². The molecule has 0 unspecified atom stereocenters. The Bertz CT molecular complexity index is 204. The summed E-state index contributed by atoms with van der Waals surface area (Å²) < 4.78 is 0. The molecule has 0 bridgehead atoms.